The van der Waals surface area contributed by atoms with Gasteiger partial charge in [-0.15, -0.1) is 0 Å². The summed E-state index contributed by atoms with van der Waals surface area (Å²) in [5.74, 6) is 1.22. The molecule has 0 aliphatic carbocycles. The Bertz CT molecular complexity index is 576. The van der Waals surface area contributed by atoms with Gasteiger partial charge >= 0.3 is 0 Å². The number of carbonyl (C=O) groups is 2. The summed E-state index contributed by atoms with van der Waals surface area (Å²) in [5, 5.41) is 2.90. The van der Waals surface area contributed by atoms with E-state index in [0.717, 1.165) is 57.7 Å². The van der Waals surface area contributed by atoms with Crippen molar-refractivity contribution in [1.29, 1.82) is 0 Å². The van der Waals surface area contributed by atoms with Crippen molar-refractivity contribution in [2.24, 2.45) is 5.92 Å². The SMILES string of the molecule is CCCCNC(=O)c1ccc(N2CCN(C(=O)C(CC)CC)CC2)nc1. The molecule has 2 amide bonds. The Hall–Kier alpha value is -2.11. The summed E-state index contributed by atoms with van der Waals surface area (Å²) in [5.41, 5.74) is 0.590. The Morgan fingerprint density at radius 1 is 1.12 bits per heavy atom. The number of piperazine rings is 1. The van der Waals surface area contributed by atoms with Crippen molar-refractivity contribution in [2.45, 2.75) is 46.5 Å². The summed E-state index contributed by atoms with van der Waals surface area (Å²) in [6, 6.07) is 3.72. The molecule has 0 bridgehead atoms. The van der Waals surface area contributed by atoms with Gasteiger partial charge in [-0.1, -0.05) is 27.2 Å². The molecular formula is C20H32N4O2. The number of pyridine rings is 1. The highest BCUT2D eigenvalue weighted by atomic mass is 16.2. The fraction of sp³-hybridized carbons (Fsp3) is 0.650. The zero-order valence-corrected chi connectivity index (χ0v) is 16.3. The molecule has 1 aliphatic heterocycles. The topological polar surface area (TPSA) is 65.5 Å². The molecule has 1 N–H and O–H groups in total. The lowest BCUT2D eigenvalue weighted by molar-refractivity contribution is -0.136. The van der Waals surface area contributed by atoms with Crippen LogP contribution in [0.1, 0.15) is 56.8 Å². The number of rotatable bonds is 8. The van der Waals surface area contributed by atoms with Gasteiger partial charge in [0.15, 0.2) is 0 Å². The lowest BCUT2D eigenvalue weighted by atomic mass is 10.0. The smallest absolute Gasteiger partial charge is 0.252 e. The number of carbonyl (C=O) groups excluding carboxylic acids is 2. The number of hydrogen-bond donors (Lipinski definition) is 1. The summed E-state index contributed by atoms with van der Waals surface area (Å²) >= 11 is 0. The number of hydrogen-bond acceptors (Lipinski definition) is 4. The third-order valence-corrected chi connectivity index (χ3v) is 5.08. The minimum absolute atomic E-state index is 0.0712. The number of nitrogens with zero attached hydrogens (tertiary/aromatic N) is 3. The predicted octanol–water partition coefficient (Wildman–Crippen LogP) is 2.70. The van der Waals surface area contributed by atoms with E-state index in [1.54, 1.807) is 6.20 Å². The van der Waals surface area contributed by atoms with Crippen LogP contribution in [0.25, 0.3) is 0 Å². The standard InChI is InChI=1S/C20H32N4O2/c1-4-7-10-21-19(25)17-8-9-18(22-15-17)23-11-13-24(14-12-23)20(26)16(5-2)6-3/h8-9,15-16H,4-7,10-14H2,1-3H3,(H,21,25). The van der Waals surface area contributed by atoms with Gasteiger partial charge in [-0.25, -0.2) is 4.98 Å². The lowest BCUT2D eigenvalue weighted by Crippen LogP contribution is -2.50. The first-order valence-corrected chi connectivity index (χ1v) is 9.88. The van der Waals surface area contributed by atoms with E-state index in [1.807, 2.05) is 17.0 Å². The van der Waals surface area contributed by atoms with Gasteiger partial charge in [0.1, 0.15) is 5.82 Å². The molecule has 0 radical (unpaired) electrons. The first-order chi connectivity index (χ1) is 12.6. The molecule has 0 aromatic carbocycles. The van der Waals surface area contributed by atoms with E-state index in [2.05, 4.69) is 36.0 Å². The molecule has 144 valence electrons. The summed E-state index contributed by atoms with van der Waals surface area (Å²) in [4.78, 5) is 33.1. The Morgan fingerprint density at radius 2 is 1.81 bits per heavy atom. The van der Waals surface area contributed by atoms with Crippen molar-refractivity contribution in [3.8, 4) is 0 Å². The molecule has 26 heavy (non-hydrogen) atoms. The van der Waals surface area contributed by atoms with E-state index in [1.165, 1.54) is 0 Å². The highest BCUT2D eigenvalue weighted by molar-refractivity contribution is 5.94. The quantitative estimate of drug-likeness (QED) is 0.724. The third-order valence-electron chi connectivity index (χ3n) is 5.08. The summed E-state index contributed by atoms with van der Waals surface area (Å²) in [6.07, 6.45) is 5.48. The van der Waals surface area contributed by atoms with Crippen molar-refractivity contribution in [1.82, 2.24) is 15.2 Å². The second-order valence-corrected chi connectivity index (χ2v) is 6.84. The maximum atomic E-state index is 12.5. The van der Waals surface area contributed by atoms with E-state index in [4.69, 9.17) is 0 Å². The summed E-state index contributed by atoms with van der Waals surface area (Å²) in [7, 11) is 0. The van der Waals surface area contributed by atoms with Gasteiger partial charge in [0, 0.05) is 44.8 Å². The van der Waals surface area contributed by atoms with E-state index in [9.17, 15) is 9.59 Å². The normalized spacial score (nSPS) is 14.6. The molecule has 6 heteroatoms. The van der Waals surface area contributed by atoms with Crippen LogP contribution in [-0.4, -0.2) is 54.4 Å². The van der Waals surface area contributed by atoms with Gasteiger partial charge in [-0.05, 0) is 31.4 Å². The second kappa shape index (κ2) is 10.1. The van der Waals surface area contributed by atoms with Gasteiger partial charge in [0.05, 0.1) is 5.56 Å². The first kappa shape index (κ1) is 20.2. The molecule has 1 aliphatic rings. The fourth-order valence-electron chi connectivity index (χ4n) is 3.24. The van der Waals surface area contributed by atoms with Crippen molar-refractivity contribution >= 4 is 17.6 Å². The molecule has 1 aromatic rings. The number of anilines is 1. The molecular weight excluding hydrogens is 328 g/mol. The highest BCUT2D eigenvalue weighted by Gasteiger charge is 2.25. The van der Waals surface area contributed by atoms with Crippen LogP contribution in [0.3, 0.4) is 0 Å². The van der Waals surface area contributed by atoms with Crippen molar-refractivity contribution in [2.75, 3.05) is 37.6 Å². The average molecular weight is 361 g/mol. The largest absolute Gasteiger partial charge is 0.353 e. The maximum absolute atomic E-state index is 12.5. The monoisotopic (exact) mass is 360 g/mol. The van der Waals surface area contributed by atoms with Crippen molar-refractivity contribution in [3.63, 3.8) is 0 Å². The summed E-state index contributed by atoms with van der Waals surface area (Å²) in [6.45, 7) is 9.97. The minimum Gasteiger partial charge on any atom is -0.353 e. The Labute approximate surface area is 157 Å². The van der Waals surface area contributed by atoms with E-state index in [-0.39, 0.29) is 17.7 Å². The Balaban J connectivity index is 1.87. The lowest BCUT2D eigenvalue weighted by Gasteiger charge is -2.36. The number of nitrogens with one attached hydrogen (secondary N) is 1. The number of amides is 2. The highest BCUT2D eigenvalue weighted by Crippen LogP contribution is 2.17. The molecule has 6 nitrogen and oxygen atoms in total. The van der Waals surface area contributed by atoms with Crippen LogP contribution in [0.4, 0.5) is 5.82 Å². The molecule has 1 saturated heterocycles. The molecule has 0 unspecified atom stereocenters. The third kappa shape index (κ3) is 5.19. The Kier molecular flexibility index (Phi) is 7.88. The molecule has 1 aromatic heterocycles. The van der Waals surface area contributed by atoms with Crippen LogP contribution in [-0.2, 0) is 4.79 Å². The first-order valence-electron chi connectivity index (χ1n) is 9.88. The van der Waals surface area contributed by atoms with Crippen LogP contribution in [0, 0.1) is 5.92 Å². The zero-order valence-electron chi connectivity index (χ0n) is 16.3. The van der Waals surface area contributed by atoms with Gasteiger partial charge in [0.25, 0.3) is 5.91 Å². The number of unbranched alkanes of at least 4 members (excludes halogenated alkanes) is 1. The minimum atomic E-state index is -0.0712. The van der Waals surface area contributed by atoms with Crippen LogP contribution in [0.5, 0.6) is 0 Å². The van der Waals surface area contributed by atoms with Gasteiger partial charge in [-0.3, -0.25) is 9.59 Å². The molecule has 1 fully saturated rings. The molecule has 0 spiro atoms. The van der Waals surface area contributed by atoms with Gasteiger partial charge < -0.3 is 15.1 Å². The predicted molar refractivity (Wildman–Crippen MR) is 104 cm³/mol. The average Bonchev–Trinajstić information content (AvgIpc) is 2.69. The molecule has 2 rings (SSSR count). The Morgan fingerprint density at radius 3 is 2.35 bits per heavy atom. The molecule has 0 saturated carbocycles. The van der Waals surface area contributed by atoms with Gasteiger partial charge in [0.2, 0.25) is 5.91 Å². The second-order valence-electron chi connectivity index (χ2n) is 6.84. The van der Waals surface area contributed by atoms with Crippen LogP contribution in [0.15, 0.2) is 18.3 Å². The summed E-state index contributed by atoms with van der Waals surface area (Å²) < 4.78 is 0. The van der Waals surface area contributed by atoms with E-state index >= 15 is 0 Å². The molecule has 0 atom stereocenters. The van der Waals surface area contributed by atoms with E-state index in [0.29, 0.717) is 12.1 Å². The van der Waals surface area contributed by atoms with Crippen LogP contribution >= 0.6 is 0 Å². The number of aromatic nitrogens is 1. The van der Waals surface area contributed by atoms with Crippen molar-refractivity contribution in [3.05, 3.63) is 23.9 Å². The van der Waals surface area contributed by atoms with Crippen LogP contribution in [0.2, 0.25) is 0 Å². The zero-order chi connectivity index (χ0) is 18.9. The van der Waals surface area contributed by atoms with E-state index < -0.39 is 0 Å². The fourth-order valence-corrected chi connectivity index (χ4v) is 3.24. The van der Waals surface area contributed by atoms with Crippen LogP contribution < -0.4 is 10.2 Å². The molecule has 2 heterocycles. The van der Waals surface area contributed by atoms with Crippen molar-refractivity contribution < 1.29 is 9.59 Å². The maximum Gasteiger partial charge on any atom is 0.252 e. The van der Waals surface area contributed by atoms with Gasteiger partial charge in [-0.2, -0.15) is 0 Å².